The summed E-state index contributed by atoms with van der Waals surface area (Å²) in [6.45, 7) is 2.82. The molecule has 0 spiro atoms. The highest BCUT2D eigenvalue weighted by Gasteiger charge is 2.25. The van der Waals surface area contributed by atoms with Crippen LogP contribution in [0.2, 0.25) is 10.0 Å². The Hall–Kier alpha value is -1.91. The van der Waals surface area contributed by atoms with E-state index in [2.05, 4.69) is 0 Å². The number of rotatable bonds is 1. The van der Waals surface area contributed by atoms with E-state index in [1.54, 1.807) is 4.90 Å². The average molecular weight is 338 g/mol. The minimum absolute atomic E-state index is 0.0493. The van der Waals surface area contributed by atoms with Crippen molar-refractivity contribution in [2.75, 3.05) is 18.1 Å². The molecule has 0 saturated carbocycles. The quantitative estimate of drug-likeness (QED) is 0.854. The number of phenols is 1. The lowest BCUT2D eigenvalue weighted by Gasteiger charge is -2.30. The maximum atomic E-state index is 12.7. The van der Waals surface area contributed by atoms with Crippen LogP contribution in [0.5, 0.6) is 11.5 Å². The number of hydrogen-bond donors (Lipinski definition) is 1. The molecule has 0 aliphatic carbocycles. The maximum Gasteiger partial charge on any atom is 0.258 e. The Morgan fingerprint density at radius 2 is 1.91 bits per heavy atom. The first-order chi connectivity index (χ1) is 10.5. The molecule has 1 aliphatic heterocycles. The average Bonchev–Trinajstić information content (AvgIpc) is 2.50. The number of anilines is 1. The molecule has 0 bridgehead atoms. The number of fused-ring (bicyclic) bond motifs is 1. The van der Waals surface area contributed by atoms with Crippen LogP contribution in [0.3, 0.4) is 0 Å². The number of amides is 1. The summed E-state index contributed by atoms with van der Waals surface area (Å²) in [4.78, 5) is 14.4. The minimum Gasteiger partial charge on any atom is -0.505 e. The van der Waals surface area contributed by atoms with Crippen LogP contribution >= 0.6 is 23.2 Å². The van der Waals surface area contributed by atoms with Crippen molar-refractivity contribution >= 4 is 34.8 Å². The van der Waals surface area contributed by atoms with E-state index < -0.39 is 0 Å². The lowest BCUT2D eigenvalue weighted by Crippen LogP contribution is -2.38. The van der Waals surface area contributed by atoms with Gasteiger partial charge in [-0.15, -0.1) is 0 Å². The summed E-state index contributed by atoms with van der Waals surface area (Å²) in [5.41, 5.74) is 2.09. The van der Waals surface area contributed by atoms with E-state index >= 15 is 0 Å². The first-order valence-electron chi connectivity index (χ1n) is 6.70. The molecule has 6 heteroatoms. The molecule has 0 atom stereocenters. The van der Waals surface area contributed by atoms with Gasteiger partial charge in [0, 0.05) is 5.56 Å². The van der Waals surface area contributed by atoms with Gasteiger partial charge in [-0.1, -0.05) is 29.3 Å². The first kappa shape index (κ1) is 15.0. The number of aromatic hydroxyl groups is 1. The van der Waals surface area contributed by atoms with Crippen LogP contribution in [0.25, 0.3) is 0 Å². The molecule has 1 heterocycles. The predicted molar refractivity (Wildman–Crippen MR) is 86.5 cm³/mol. The first-order valence-corrected chi connectivity index (χ1v) is 7.46. The third-order valence-electron chi connectivity index (χ3n) is 3.49. The van der Waals surface area contributed by atoms with Crippen LogP contribution in [0.15, 0.2) is 30.3 Å². The summed E-state index contributed by atoms with van der Waals surface area (Å²) in [5, 5.41) is 9.70. The van der Waals surface area contributed by atoms with Crippen LogP contribution in [0.1, 0.15) is 15.9 Å². The Labute approximate surface area is 137 Å². The SMILES string of the molecule is Cc1ccc2c(c1)OCCN2C(=O)c1cc(Cl)c(O)c(Cl)c1. The Morgan fingerprint density at radius 1 is 1.23 bits per heavy atom. The number of nitrogens with zero attached hydrogens (tertiary/aromatic N) is 1. The number of ether oxygens (including phenoxy) is 1. The van der Waals surface area contributed by atoms with Gasteiger partial charge in [-0.25, -0.2) is 0 Å². The molecule has 0 fully saturated rings. The Kier molecular flexibility index (Phi) is 3.89. The van der Waals surface area contributed by atoms with E-state index in [0.717, 1.165) is 5.56 Å². The smallest absolute Gasteiger partial charge is 0.258 e. The van der Waals surface area contributed by atoms with Crippen molar-refractivity contribution in [3.63, 3.8) is 0 Å². The minimum atomic E-state index is -0.239. The second-order valence-corrected chi connectivity index (χ2v) is 5.88. The molecular weight excluding hydrogens is 325 g/mol. The number of carbonyl (C=O) groups excluding carboxylic acids is 1. The van der Waals surface area contributed by atoms with E-state index in [0.29, 0.717) is 30.2 Å². The highest BCUT2D eigenvalue weighted by Crippen LogP contribution is 2.36. The number of benzene rings is 2. The number of hydrogen-bond acceptors (Lipinski definition) is 3. The summed E-state index contributed by atoms with van der Waals surface area (Å²) < 4.78 is 5.60. The number of aryl methyl sites for hydroxylation is 1. The topological polar surface area (TPSA) is 49.8 Å². The Morgan fingerprint density at radius 3 is 2.59 bits per heavy atom. The van der Waals surface area contributed by atoms with Gasteiger partial charge < -0.3 is 14.7 Å². The lowest BCUT2D eigenvalue weighted by molar-refractivity contribution is 0.0976. The number of halogens is 2. The van der Waals surface area contributed by atoms with Crippen molar-refractivity contribution in [1.82, 2.24) is 0 Å². The van der Waals surface area contributed by atoms with Crippen molar-refractivity contribution in [3.8, 4) is 11.5 Å². The number of carbonyl (C=O) groups is 1. The van der Waals surface area contributed by atoms with Crippen LogP contribution in [0, 0.1) is 6.92 Å². The Balaban J connectivity index is 2.01. The third-order valence-corrected chi connectivity index (χ3v) is 4.06. The monoisotopic (exact) mass is 337 g/mol. The normalized spacial score (nSPS) is 13.5. The maximum absolute atomic E-state index is 12.7. The molecule has 114 valence electrons. The molecule has 4 nitrogen and oxygen atoms in total. The molecule has 3 rings (SSSR count). The zero-order valence-electron chi connectivity index (χ0n) is 11.8. The standard InChI is InChI=1S/C16H13Cl2NO3/c1-9-2-3-13-14(6-9)22-5-4-19(13)16(21)10-7-11(17)15(20)12(18)8-10/h2-3,6-8,20H,4-5H2,1H3. The van der Waals surface area contributed by atoms with Crippen LogP contribution in [-0.4, -0.2) is 24.2 Å². The molecule has 1 aliphatic rings. The van der Waals surface area contributed by atoms with E-state index in [9.17, 15) is 9.90 Å². The highest BCUT2D eigenvalue weighted by atomic mass is 35.5. The van der Waals surface area contributed by atoms with Gasteiger partial charge in [0.05, 0.1) is 22.3 Å². The molecule has 2 aromatic rings. The van der Waals surface area contributed by atoms with Crippen molar-refractivity contribution < 1.29 is 14.6 Å². The van der Waals surface area contributed by atoms with Gasteiger partial charge in [0.25, 0.3) is 5.91 Å². The fourth-order valence-corrected chi connectivity index (χ4v) is 2.87. The van der Waals surface area contributed by atoms with Gasteiger partial charge in [-0.3, -0.25) is 4.79 Å². The summed E-state index contributed by atoms with van der Waals surface area (Å²) in [6, 6.07) is 8.49. The fraction of sp³-hybridized carbons (Fsp3) is 0.188. The van der Waals surface area contributed by atoms with Gasteiger partial charge in [0.2, 0.25) is 0 Å². The molecule has 0 aromatic heterocycles. The zero-order valence-corrected chi connectivity index (χ0v) is 13.3. The molecule has 0 saturated heterocycles. The van der Waals surface area contributed by atoms with Crippen LogP contribution in [-0.2, 0) is 0 Å². The molecule has 1 N–H and O–H groups in total. The van der Waals surface area contributed by atoms with Gasteiger partial charge in [0.15, 0.2) is 5.75 Å². The third kappa shape index (κ3) is 2.60. The second-order valence-electron chi connectivity index (χ2n) is 5.06. The molecule has 0 unspecified atom stereocenters. The molecular formula is C16H13Cl2NO3. The summed E-state index contributed by atoms with van der Waals surface area (Å²) >= 11 is 11.8. The Bertz CT molecular complexity index is 738. The van der Waals surface area contributed by atoms with Gasteiger partial charge in [0.1, 0.15) is 12.4 Å². The lowest BCUT2D eigenvalue weighted by atomic mass is 10.1. The van der Waals surface area contributed by atoms with E-state index in [4.69, 9.17) is 27.9 Å². The van der Waals surface area contributed by atoms with Crippen LogP contribution in [0.4, 0.5) is 5.69 Å². The van der Waals surface area contributed by atoms with Crippen molar-refractivity contribution in [2.45, 2.75) is 6.92 Å². The molecule has 1 amide bonds. The highest BCUT2D eigenvalue weighted by molar-refractivity contribution is 6.37. The fourth-order valence-electron chi connectivity index (χ4n) is 2.38. The van der Waals surface area contributed by atoms with Gasteiger partial charge >= 0.3 is 0 Å². The summed E-state index contributed by atoms with van der Waals surface area (Å²) in [7, 11) is 0. The number of phenolic OH excluding ortho intramolecular Hbond substituents is 1. The summed E-state index contributed by atoms with van der Waals surface area (Å²) in [5.74, 6) is 0.214. The van der Waals surface area contributed by atoms with Crippen molar-refractivity contribution in [2.24, 2.45) is 0 Å². The second kappa shape index (κ2) is 5.71. The van der Waals surface area contributed by atoms with E-state index in [-0.39, 0.29) is 21.7 Å². The van der Waals surface area contributed by atoms with E-state index in [1.165, 1.54) is 12.1 Å². The zero-order chi connectivity index (χ0) is 15.9. The summed E-state index contributed by atoms with van der Waals surface area (Å²) in [6.07, 6.45) is 0. The van der Waals surface area contributed by atoms with E-state index in [1.807, 2.05) is 25.1 Å². The predicted octanol–water partition coefficient (Wildman–Crippen LogP) is 4.05. The van der Waals surface area contributed by atoms with Gasteiger partial charge in [-0.05, 0) is 36.8 Å². The van der Waals surface area contributed by atoms with Crippen molar-refractivity contribution in [3.05, 3.63) is 51.5 Å². The van der Waals surface area contributed by atoms with Crippen LogP contribution < -0.4 is 9.64 Å². The molecule has 2 aromatic carbocycles. The van der Waals surface area contributed by atoms with Gasteiger partial charge in [-0.2, -0.15) is 0 Å². The molecule has 22 heavy (non-hydrogen) atoms. The largest absolute Gasteiger partial charge is 0.505 e. The molecule has 0 radical (unpaired) electrons. The van der Waals surface area contributed by atoms with Crippen molar-refractivity contribution in [1.29, 1.82) is 0 Å².